The number of aldehydes is 1. The Morgan fingerprint density at radius 3 is 2.50 bits per heavy atom. The fraction of sp³-hybridized carbons (Fsp3) is 0.900. The maximum Gasteiger partial charge on any atom is 0.136 e. The van der Waals surface area contributed by atoms with Crippen LogP contribution in [0.25, 0.3) is 0 Å². The van der Waals surface area contributed by atoms with Crippen molar-refractivity contribution in [2.24, 2.45) is 5.92 Å². The third-order valence-electron chi connectivity index (χ3n) is 2.96. The molecule has 0 N–H and O–H groups in total. The van der Waals surface area contributed by atoms with Crippen LogP contribution in [0.5, 0.6) is 0 Å². The van der Waals surface area contributed by atoms with Crippen molar-refractivity contribution in [3.05, 3.63) is 0 Å². The average molecular weight is 186 g/mol. The number of hydrogen-bond acceptors (Lipinski definition) is 2. The van der Waals surface area contributed by atoms with Crippen molar-refractivity contribution in [3.8, 4) is 0 Å². The summed E-state index contributed by atoms with van der Waals surface area (Å²) < 4.78 is -0.0104. The third-order valence-corrected chi connectivity index (χ3v) is 4.62. The van der Waals surface area contributed by atoms with Crippen molar-refractivity contribution in [2.75, 3.05) is 5.75 Å². The quantitative estimate of drug-likeness (QED) is 0.628. The van der Waals surface area contributed by atoms with E-state index in [0.717, 1.165) is 19.3 Å². The average Bonchev–Trinajstić information content (AvgIpc) is 2.56. The van der Waals surface area contributed by atoms with E-state index in [9.17, 15) is 4.79 Å². The first-order valence-corrected chi connectivity index (χ1v) is 5.88. The molecule has 0 aromatic rings. The van der Waals surface area contributed by atoms with E-state index < -0.39 is 0 Å². The second-order valence-corrected chi connectivity index (χ2v) is 5.00. The molecule has 12 heavy (non-hydrogen) atoms. The van der Waals surface area contributed by atoms with Gasteiger partial charge < -0.3 is 4.79 Å². The Morgan fingerprint density at radius 1 is 1.50 bits per heavy atom. The van der Waals surface area contributed by atoms with E-state index in [1.807, 2.05) is 11.8 Å². The van der Waals surface area contributed by atoms with Crippen LogP contribution in [0.3, 0.4) is 0 Å². The lowest BCUT2D eigenvalue weighted by Gasteiger charge is -2.30. The molecule has 1 rings (SSSR count). The molecule has 0 radical (unpaired) electrons. The van der Waals surface area contributed by atoms with Gasteiger partial charge in [-0.05, 0) is 24.5 Å². The summed E-state index contributed by atoms with van der Waals surface area (Å²) in [7, 11) is 0. The molecule has 0 saturated carbocycles. The lowest BCUT2D eigenvalue weighted by Crippen LogP contribution is -2.33. The normalized spacial score (nSPS) is 29.6. The lowest BCUT2D eigenvalue weighted by atomic mass is 9.85. The Morgan fingerprint density at radius 2 is 2.17 bits per heavy atom. The maximum atomic E-state index is 11.1. The van der Waals surface area contributed by atoms with Gasteiger partial charge in [0.15, 0.2) is 0 Å². The Balaban J connectivity index is 2.69. The summed E-state index contributed by atoms with van der Waals surface area (Å²) in [5.41, 5.74) is 0. The first-order chi connectivity index (χ1) is 5.79. The number of carbonyl (C=O) groups is 1. The van der Waals surface area contributed by atoms with E-state index in [-0.39, 0.29) is 4.75 Å². The second-order valence-electron chi connectivity index (χ2n) is 3.54. The van der Waals surface area contributed by atoms with Gasteiger partial charge in [-0.3, -0.25) is 0 Å². The number of carbonyl (C=O) groups excluding carboxylic acids is 1. The molecule has 0 aromatic heterocycles. The minimum absolute atomic E-state index is 0.0104. The van der Waals surface area contributed by atoms with E-state index in [1.54, 1.807) is 0 Å². The van der Waals surface area contributed by atoms with E-state index in [4.69, 9.17) is 0 Å². The molecule has 0 bridgehead atoms. The number of rotatable bonds is 4. The molecule has 1 fully saturated rings. The summed E-state index contributed by atoms with van der Waals surface area (Å²) in [6.07, 6.45) is 5.82. The Kier molecular flexibility index (Phi) is 3.63. The van der Waals surface area contributed by atoms with Crippen LogP contribution in [-0.4, -0.2) is 16.8 Å². The van der Waals surface area contributed by atoms with Crippen molar-refractivity contribution in [2.45, 2.75) is 44.3 Å². The molecule has 1 unspecified atom stereocenters. The van der Waals surface area contributed by atoms with Gasteiger partial charge in [-0.15, -0.1) is 11.8 Å². The highest BCUT2D eigenvalue weighted by molar-refractivity contribution is 8.01. The smallest absolute Gasteiger partial charge is 0.136 e. The molecule has 1 heterocycles. The van der Waals surface area contributed by atoms with E-state index in [0.29, 0.717) is 5.92 Å². The first kappa shape index (κ1) is 10.1. The predicted octanol–water partition coefficient (Wildman–Crippen LogP) is 2.89. The van der Waals surface area contributed by atoms with E-state index in [2.05, 4.69) is 13.8 Å². The van der Waals surface area contributed by atoms with Gasteiger partial charge in [0.2, 0.25) is 0 Å². The van der Waals surface area contributed by atoms with Gasteiger partial charge in [-0.25, -0.2) is 0 Å². The highest BCUT2D eigenvalue weighted by Crippen LogP contribution is 2.44. The molecule has 70 valence electrons. The number of hydrogen-bond donors (Lipinski definition) is 0. The van der Waals surface area contributed by atoms with Gasteiger partial charge in [-0.1, -0.05) is 26.7 Å². The van der Waals surface area contributed by atoms with Gasteiger partial charge in [-0.2, -0.15) is 0 Å². The van der Waals surface area contributed by atoms with Gasteiger partial charge in [0.05, 0.1) is 4.75 Å². The molecule has 0 aliphatic carbocycles. The topological polar surface area (TPSA) is 17.1 Å². The summed E-state index contributed by atoms with van der Waals surface area (Å²) >= 11 is 1.88. The predicted molar refractivity (Wildman–Crippen MR) is 54.6 cm³/mol. The molecule has 1 aliphatic rings. The fourth-order valence-corrected chi connectivity index (χ4v) is 3.77. The zero-order valence-electron chi connectivity index (χ0n) is 8.01. The van der Waals surface area contributed by atoms with Crippen molar-refractivity contribution < 1.29 is 4.79 Å². The van der Waals surface area contributed by atoms with Crippen LogP contribution in [0.1, 0.15) is 39.5 Å². The van der Waals surface area contributed by atoms with Crippen LogP contribution in [-0.2, 0) is 4.79 Å². The monoisotopic (exact) mass is 186 g/mol. The van der Waals surface area contributed by atoms with Crippen LogP contribution in [0.15, 0.2) is 0 Å². The Hall–Kier alpha value is 0.0200. The maximum absolute atomic E-state index is 11.1. The zero-order valence-corrected chi connectivity index (χ0v) is 8.82. The molecule has 1 saturated heterocycles. The van der Waals surface area contributed by atoms with Crippen LogP contribution in [0.2, 0.25) is 0 Å². The molecule has 0 amide bonds. The molecule has 2 heteroatoms. The highest BCUT2D eigenvalue weighted by Gasteiger charge is 2.40. The van der Waals surface area contributed by atoms with Crippen molar-refractivity contribution in [1.82, 2.24) is 0 Å². The summed E-state index contributed by atoms with van der Waals surface area (Å²) in [6, 6.07) is 0. The molecule has 1 atom stereocenters. The standard InChI is InChI=1S/C10H18OS/c1-3-9(4-2)10(8-11)6-5-7-12-10/h8-9H,3-7H2,1-2H3. The van der Waals surface area contributed by atoms with Gasteiger partial charge in [0, 0.05) is 0 Å². The molecular formula is C10H18OS. The third kappa shape index (κ3) is 1.68. The molecule has 1 nitrogen and oxygen atoms in total. The van der Waals surface area contributed by atoms with E-state index >= 15 is 0 Å². The summed E-state index contributed by atoms with van der Waals surface area (Å²) in [5.74, 6) is 1.78. The molecule has 0 aromatic carbocycles. The lowest BCUT2D eigenvalue weighted by molar-refractivity contribution is -0.111. The largest absolute Gasteiger partial charge is 0.302 e. The second kappa shape index (κ2) is 4.31. The van der Waals surface area contributed by atoms with Crippen LogP contribution >= 0.6 is 11.8 Å². The van der Waals surface area contributed by atoms with Gasteiger partial charge >= 0.3 is 0 Å². The molecule has 1 aliphatic heterocycles. The molecular weight excluding hydrogens is 168 g/mol. The van der Waals surface area contributed by atoms with E-state index in [1.165, 1.54) is 18.5 Å². The summed E-state index contributed by atoms with van der Waals surface area (Å²) in [4.78, 5) is 11.1. The SMILES string of the molecule is CCC(CC)C1(C=O)CCCS1. The highest BCUT2D eigenvalue weighted by atomic mass is 32.2. The van der Waals surface area contributed by atoms with Crippen LogP contribution in [0, 0.1) is 5.92 Å². The van der Waals surface area contributed by atoms with Gasteiger partial charge in [0.1, 0.15) is 6.29 Å². The van der Waals surface area contributed by atoms with Gasteiger partial charge in [0.25, 0.3) is 0 Å². The summed E-state index contributed by atoms with van der Waals surface area (Å²) in [6.45, 7) is 4.39. The van der Waals surface area contributed by atoms with Crippen molar-refractivity contribution in [1.29, 1.82) is 0 Å². The van der Waals surface area contributed by atoms with Crippen molar-refractivity contribution in [3.63, 3.8) is 0 Å². The fourth-order valence-electron chi connectivity index (χ4n) is 2.17. The Bertz CT molecular complexity index is 146. The number of thioether (sulfide) groups is 1. The molecule has 0 spiro atoms. The van der Waals surface area contributed by atoms with Crippen molar-refractivity contribution >= 4 is 18.0 Å². The first-order valence-electron chi connectivity index (χ1n) is 4.89. The summed E-state index contributed by atoms with van der Waals surface area (Å²) in [5, 5.41) is 0. The minimum atomic E-state index is -0.0104. The van der Waals surface area contributed by atoms with Crippen LogP contribution in [0.4, 0.5) is 0 Å². The Labute approximate surface area is 79.3 Å². The zero-order chi connectivity index (χ0) is 9.03. The van der Waals surface area contributed by atoms with Crippen LogP contribution < -0.4 is 0 Å². The minimum Gasteiger partial charge on any atom is -0.302 e.